The Morgan fingerprint density at radius 1 is 0.829 bits per heavy atom. The Bertz CT molecular complexity index is 961. The number of amides is 1. The number of hydrogen-bond acceptors (Lipinski definition) is 9. The van der Waals surface area contributed by atoms with Gasteiger partial charge in [0.2, 0.25) is 5.91 Å². The van der Waals surface area contributed by atoms with Gasteiger partial charge in [-0.3, -0.25) is 9.59 Å². The molecule has 0 spiro atoms. The van der Waals surface area contributed by atoms with Crippen molar-refractivity contribution in [3.63, 3.8) is 0 Å². The Kier molecular flexibility index (Phi) is 11.8. The van der Waals surface area contributed by atoms with Crippen molar-refractivity contribution in [2.45, 2.75) is 25.5 Å². The van der Waals surface area contributed by atoms with Gasteiger partial charge in [0.1, 0.15) is 25.0 Å². The van der Waals surface area contributed by atoms with Crippen LogP contribution >= 0.6 is 0 Å². The summed E-state index contributed by atoms with van der Waals surface area (Å²) in [4.78, 5) is 47.5. The number of ether oxygens (including phenoxy) is 5. The summed E-state index contributed by atoms with van der Waals surface area (Å²) in [6, 6.07) is 15.0. The summed E-state index contributed by atoms with van der Waals surface area (Å²) in [6.07, 6.45) is 0.0219. The fourth-order valence-electron chi connectivity index (χ4n) is 2.86. The molecule has 1 N–H and O–H groups in total. The van der Waals surface area contributed by atoms with E-state index < -0.39 is 29.9 Å². The molecule has 0 aliphatic rings. The minimum Gasteiger partial charge on any atom is -0.482 e. The van der Waals surface area contributed by atoms with E-state index in [0.29, 0.717) is 11.3 Å². The van der Waals surface area contributed by atoms with E-state index in [-0.39, 0.29) is 39.3 Å². The van der Waals surface area contributed by atoms with Crippen molar-refractivity contribution in [2.75, 3.05) is 34.0 Å². The summed E-state index contributed by atoms with van der Waals surface area (Å²) in [5.41, 5.74) is 1.62. The second kappa shape index (κ2) is 15.1. The first kappa shape index (κ1) is 27.3. The monoisotopic (exact) mass is 487 g/mol. The van der Waals surface area contributed by atoms with E-state index in [9.17, 15) is 19.2 Å². The maximum atomic E-state index is 12.6. The van der Waals surface area contributed by atoms with E-state index >= 15 is 0 Å². The van der Waals surface area contributed by atoms with Gasteiger partial charge in [-0.1, -0.05) is 42.5 Å². The molecule has 10 nitrogen and oxygen atoms in total. The normalized spacial score (nSPS) is 11.1. The van der Waals surface area contributed by atoms with Gasteiger partial charge >= 0.3 is 17.9 Å². The van der Waals surface area contributed by atoms with Crippen molar-refractivity contribution in [2.24, 2.45) is 0 Å². The third-order valence-electron chi connectivity index (χ3n) is 4.69. The number of hydrogen-bond donors (Lipinski definition) is 1. The molecule has 0 bridgehead atoms. The molecule has 1 atom stereocenters. The quantitative estimate of drug-likeness (QED) is 0.312. The first-order valence-electron chi connectivity index (χ1n) is 10.8. The summed E-state index contributed by atoms with van der Waals surface area (Å²) in [6.45, 7) is -0.413. The molecule has 0 fully saturated rings. The molecule has 35 heavy (non-hydrogen) atoms. The molecule has 0 aromatic heterocycles. The summed E-state index contributed by atoms with van der Waals surface area (Å²) in [5, 5.41) is 2.62. The standard InChI is InChI=1S/C25H29NO9/c1-31-23(28)12-13-34-25(30)21(26-22(27)16-33-15-19-6-4-3-5-7-19)14-18-8-10-20(11-9-18)35-17-24(29)32-2/h3-11,21H,12-17H2,1-2H3,(H,26,27)/t21-/m1/s1. The number of carbonyl (C=O) groups is 4. The van der Waals surface area contributed by atoms with Gasteiger partial charge in [0.15, 0.2) is 6.61 Å². The third kappa shape index (κ3) is 10.7. The second-order valence-electron chi connectivity index (χ2n) is 7.31. The molecule has 0 heterocycles. The van der Waals surface area contributed by atoms with Crippen LogP contribution in [0.2, 0.25) is 0 Å². The number of methoxy groups -OCH3 is 2. The Labute approximate surface area is 203 Å². The second-order valence-corrected chi connectivity index (χ2v) is 7.31. The van der Waals surface area contributed by atoms with Crippen molar-refractivity contribution in [1.82, 2.24) is 5.32 Å². The van der Waals surface area contributed by atoms with E-state index in [0.717, 1.165) is 5.56 Å². The average Bonchev–Trinajstić information content (AvgIpc) is 2.88. The highest BCUT2D eigenvalue weighted by Crippen LogP contribution is 2.14. The van der Waals surface area contributed by atoms with Crippen LogP contribution in [-0.4, -0.2) is 63.9 Å². The highest BCUT2D eigenvalue weighted by Gasteiger charge is 2.23. The number of rotatable bonds is 14. The summed E-state index contributed by atoms with van der Waals surface area (Å²) < 4.78 is 24.9. The van der Waals surface area contributed by atoms with Crippen molar-refractivity contribution in [3.05, 3.63) is 65.7 Å². The van der Waals surface area contributed by atoms with Gasteiger partial charge in [-0.25, -0.2) is 9.59 Å². The molecular formula is C25H29NO9. The zero-order chi connectivity index (χ0) is 25.5. The average molecular weight is 488 g/mol. The lowest BCUT2D eigenvalue weighted by Gasteiger charge is -2.18. The first-order chi connectivity index (χ1) is 16.9. The molecule has 10 heteroatoms. The molecule has 0 radical (unpaired) electrons. The number of carbonyl (C=O) groups excluding carboxylic acids is 4. The zero-order valence-corrected chi connectivity index (χ0v) is 19.7. The van der Waals surface area contributed by atoms with Crippen LogP contribution in [0.3, 0.4) is 0 Å². The molecular weight excluding hydrogens is 458 g/mol. The van der Waals surface area contributed by atoms with Gasteiger partial charge in [-0.05, 0) is 23.3 Å². The predicted molar refractivity (Wildman–Crippen MR) is 123 cm³/mol. The molecule has 2 aromatic rings. The summed E-state index contributed by atoms with van der Waals surface area (Å²) >= 11 is 0. The van der Waals surface area contributed by atoms with Crippen LogP contribution in [0.4, 0.5) is 0 Å². The Morgan fingerprint density at radius 3 is 2.17 bits per heavy atom. The van der Waals surface area contributed by atoms with Crippen LogP contribution in [0.1, 0.15) is 17.5 Å². The van der Waals surface area contributed by atoms with Crippen molar-refractivity contribution < 1.29 is 42.9 Å². The zero-order valence-electron chi connectivity index (χ0n) is 19.7. The highest BCUT2D eigenvalue weighted by atomic mass is 16.6. The van der Waals surface area contributed by atoms with Crippen LogP contribution < -0.4 is 10.1 Å². The summed E-state index contributed by atoms with van der Waals surface area (Å²) in [7, 11) is 2.50. The predicted octanol–water partition coefficient (Wildman–Crippen LogP) is 1.59. The third-order valence-corrected chi connectivity index (χ3v) is 4.69. The van der Waals surface area contributed by atoms with Gasteiger partial charge in [0.05, 0.1) is 27.2 Å². The van der Waals surface area contributed by atoms with Gasteiger partial charge in [-0.15, -0.1) is 0 Å². The van der Waals surface area contributed by atoms with Crippen molar-refractivity contribution >= 4 is 23.8 Å². The molecule has 0 saturated carbocycles. The molecule has 0 saturated heterocycles. The number of nitrogens with one attached hydrogen (secondary N) is 1. The van der Waals surface area contributed by atoms with E-state index in [1.54, 1.807) is 24.3 Å². The van der Waals surface area contributed by atoms with Crippen LogP contribution in [0, 0.1) is 0 Å². The molecule has 188 valence electrons. The van der Waals surface area contributed by atoms with E-state index in [4.69, 9.17) is 14.2 Å². The smallest absolute Gasteiger partial charge is 0.343 e. The largest absolute Gasteiger partial charge is 0.482 e. The highest BCUT2D eigenvalue weighted by molar-refractivity contribution is 5.85. The molecule has 1 amide bonds. The van der Waals surface area contributed by atoms with Gasteiger partial charge in [0.25, 0.3) is 0 Å². The van der Waals surface area contributed by atoms with E-state index in [1.807, 2.05) is 30.3 Å². The minimum atomic E-state index is -1.01. The summed E-state index contributed by atoms with van der Waals surface area (Å²) in [5.74, 6) is -1.78. The Hall–Kier alpha value is -3.92. The van der Waals surface area contributed by atoms with Gasteiger partial charge in [-0.2, -0.15) is 0 Å². The maximum Gasteiger partial charge on any atom is 0.343 e. The number of benzene rings is 2. The van der Waals surface area contributed by atoms with Crippen LogP contribution in [0.15, 0.2) is 54.6 Å². The fourth-order valence-corrected chi connectivity index (χ4v) is 2.86. The Balaban J connectivity index is 1.95. The van der Waals surface area contributed by atoms with E-state index in [2.05, 4.69) is 14.8 Å². The molecule has 0 aliphatic heterocycles. The minimum absolute atomic E-state index is 0.102. The fraction of sp³-hybridized carbons (Fsp3) is 0.360. The lowest BCUT2D eigenvalue weighted by atomic mass is 10.1. The first-order valence-corrected chi connectivity index (χ1v) is 10.8. The van der Waals surface area contributed by atoms with E-state index in [1.165, 1.54) is 14.2 Å². The van der Waals surface area contributed by atoms with Crippen molar-refractivity contribution in [3.8, 4) is 5.75 Å². The van der Waals surface area contributed by atoms with Gasteiger partial charge in [0, 0.05) is 6.42 Å². The molecule has 0 unspecified atom stereocenters. The van der Waals surface area contributed by atoms with Crippen LogP contribution in [-0.2, 0) is 51.2 Å². The topological polar surface area (TPSA) is 126 Å². The van der Waals surface area contributed by atoms with Crippen LogP contribution in [0.25, 0.3) is 0 Å². The van der Waals surface area contributed by atoms with Crippen molar-refractivity contribution in [1.29, 1.82) is 0 Å². The SMILES string of the molecule is COC(=O)CCOC(=O)[C@@H](Cc1ccc(OCC(=O)OC)cc1)NC(=O)COCc1ccccc1. The molecule has 0 aliphatic carbocycles. The lowest BCUT2D eigenvalue weighted by molar-refractivity contribution is -0.151. The molecule has 2 aromatic carbocycles. The van der Waals surface area contributed by atoms with Crippen LogP contribution in [0.5, 0.6) is 5.75 Å². The Morgan fingerprint density at radius 2 is 1.51 bits per heavy atom. The maximum absolute atomic E-state index is 12.6. The molecule has 2 rings (SSSR count). The number of esters is 3. The lowest BCUT2D eigenvalue weighted by Crippen LogP contribution is -2.45. The van der Waals surface area contributed by atoms with Gasteiger partial charge < -0.3 is 29.0 Å².